The summed E-state index contributed by atoms with van der Waals surface area (Å²) in [4.78, 5) is 5.99. The van der Waals surface area contributed by atoms with E-state index in [-0.39, 0.29) is 0 Å². The van der Waals surface area contributed by atoms with Crippen LogP contribution in [0.2, 0.25) is 0 Å². The van der Waals surface area contributed by atoms with E-state index in [0.717, 1.165) is 83.2 Å². The highest BCUT2D eigenvalue weighted by Crippen LogP contribution is 2.43. The molecular weight excluding hydrogens is 815 g/mol. The summed E-state index contributed by atoms with van der Waals surface area (Å²) in [5.74, 6) is 0. The third-order valence-corrected chi connectivity index (χ3v) is 13.0. The zero-order chi connectivity index (χ0) is 44.8. The lowest BCUT2D eigenvalue weighted by Gasteiger charge is -2.26. The number of hydrogen-bond donors (Lipinski definition) is 0. The minimum Gasteiger partial charge on any atom is -0.310 e. The van der Waals surface area contributed by atoms with Gasteiger partial charge in [0.15, 0.2) is 5.69 Å². The first-order chi connectivity index (χ1) is 33.1. The number of anilines is 3. The van der Waals surface area contributed by atoms with Crippen LogP contribution in [-0.4, -0.2) is 9.13 Å². The molecule has 0 fully saturated rings. The number of benzene rings is 10. The number of rotatable bonds is 8. The van der Waals surface area contributed by atoms with E-state index in [2.05, 4.69) is 207 Å². The highest BCUT2D eigenvalue weighted by Gasteiger charge is 2.20. The molecule has 5 heteroatoms. The molecule has 0 aliphatic carbocycles. The fraction of sp³-hybridized carbons (Fsp3) is 0. The Kier molecular flexibility index (Phi) is 9.53. The van der Waals surface area contributed by atoms with Gasteiger partial charge in [-0.2, -0.15) is 5.26 Å². The van der Waals surface area contributed by atoms with Gasteiger partial charge in [0.25, 0.3) is 0 Å². The maximum absolute atomic E-state index is 9.54. The van der Waals surface area contributed by atoms with Gasteiger partial charge in [0.2, 0.25) is 0 Å². The molecule has 10 aromatic carbocycles. The fourth-order valence-electron chi connectivity index (χ4n) is 9.71. The van der Waals surface area contributed by atoms with Crippen molar-refractivity contribution >= 4 is 66.4 Å². The molecule has 0 saturated heterocycles. The second kappa shape index (κ2) is 16.3. The Morgan fingerprint density at radius 1 is 0.358 bits per heavy atom. The number of fused-ring (bicyclic) bond motifs is 6. The lowest BCUT2D eigenvalue weighted by atomic mass is 9.98. The van der Waals surface area contributed by atoms with Gasteiger partial charge in [-0.1, -0.05) is 140 Å². The van der Waals surface area contributed by atoms with E-state index in [4.69, 9.17) is 6.57 Å². The molecule has 0 atom stereocenters. The molecule has 12 aromatic rings. The van der Waals surface area contributed by atoms with Gasteiger partial charge in [-0.3, -0.25) is 0 Å². The molecule has 2 heterocycles. The van der Waals surface area contributed by atoms with Gasteiger partial charge in [-0.05, 0) is 130 Å². The Morgan fingerprint density at radius 3 is 1.18 bits per heavy atom. The van der Waals surface area contributed by atoms with E-state index in [1.165, 1.54) is 22.3 Å². The van der Waals surface area contributed by atoms with E-state index < -0.39 is 0 Å². The molecule has 67 heavy (non-hydrogen) atoms. The minimum atomic E-state index is 0.618. The van der Waals surface area contributed by atoms with Crippen molar-refractivity contribution in [1.82, 2.24) is 9.13 Å². The van der Waals surface area contributed by atoms with Crippen LogP contribution in [0.1, 0.15) is 5.56 Å². The topological polar surface area (TPSA) is 41.2 Å². The Bertz CT molecular complexity index is 3710. The Hall–Kier alpha value is -9.42. The lowest BCUT2D eigenvalue weighted by Crippen LogP contribution is -2.10. The highest BCUT2D eigenvalue weighted by atomic mass is 15.1. The van der Waals surface area contributed by atoms with E-state index in [1.807, 2.05) is 54.6 Å². The molecule has 312 valence electrons. The molecule has 0 spiro atoms. The van der Waals surface area contributed by atoms with Crippen molar-refractivity contribution in [3.8, 4) is 50.8 Å². The molecule has 2 aromatic heterocycles. The van der Waals surface area contributed by atoms with E-state index >= 15 is 0 Å². The Morgan fingerprint density at radius 2 is 0.731 bits per heavy atom. The summed E-state index contributed by atoms with van der Waals surface area (Å²) in [5.41, 5.74) is 17.8. The first kappa shape index (κ1) is 39.2. The molecular formula is C62H39N5. The number of nitrogens with zero attached hydrogens (tertiary/aromatic N) is 5. The standard InChI is InChI=1S/C62H39N5/c1-64-49-27-33-52(34-28-49)67-60-14-8-6-12-56(60)58-40-54(36-38-62(58)67)65(53-35-37-61-57(39-53)55-11-5-7-13-59(55)66(61)51-29-15-42(41-63)16-30-51)50-31-25-48(26-32-50)47-23-21-46(22-24-47)45-19-17-44(18-20-45)43-9-3-2-4-10-43/h2-40H. The predicted molar refractivity (Wildman–Crippen MR) is 277 cm³/mol. The number of para-hydroxylation sites is 2. The molecule has 12 rings (SSSR count). The van der Waals surface area contributed by atoms with Crippen LogP contribution < -0.4 is 4.90 Å². The second-order valence-corrected chi connectivity index (χ2v) is 16.8. The van der Waals surface area contributed by atoms with Gasteiger partial charge in [-0.15, -0.1) is 0 Å². The van der Waals surface area contributed by atoms with Crippen molar-refractivity contribution < 1.29 is 0 Å². The predicted octanol–water partition coefficient (Wildman–Crippen LogP) is 16.8. The van der Waals surface area contributed by atoms with Gasteiger partial charge in [0.1, 0.15) is 0 Å². The summed E-state index contributed by atoms with van der Waals surface area (Å²) in [6, 6.07) is 85.5. The normalized spacial score (nSPS) is 11.3. The van der Waals surface area contributed by atoms with E-state index in [0.29, 0.717) is 11.3 Å². The van der Waals surface area contributed by atoms with Gasteiger partial charge in [0.05, 0.1) is 40.3 Å². The van der Waals surface area contributed by atoms with Crippen LogP contribution in [0, 0.1) is 17.9 Å². The molecule has 0 amide bonds. The molecule has 5 nitrogen and oxygen atoms in total. The molecule has 0 bridgehead atoms. The van der Waals surface area contributed by atoms with Crippen molar-refractivity contribution in [2.75, 3.05) is 4.90 Å². The average Bonchev–Trinajstić information content (AvgIpc) is 3.92. The van der Waals surface area contributed by atoms with Gasteiger partial charge in [0, 0.05) is 50.0 Å². The van der Waals surface area contributed by atoms with Crippen molar-refractivity contribution in [2.45, 2.75) is 0 Å². The van der Waals surface area contributed by atoms with Crippen LogP contribution in [0.5, 0.6) is 0 Å². The quantitative estimate of drug-likeness (QED) is 0.143. The van der Waals surface area contributed by atoms with Crippen LogP contribution in [0.3, 0.4) is 0 Å². The Balaban J connectivity index is 0.969. The smallest absolute Gasteiger partial charge is 0.187 e. The van der Waals surface area contributed by atoms with Crippen LogP contribution in [0.25, 0.3) is 93.2 Å². The summed E-state index contributed by atoms with van der Waals surface area (Å²) >= 11 is 0. The van der Waals surface area contributed by atoms with Crippen molar-refractivity contribution in [3.05, 3.63) is 254 Å². The molecule has 0 saturated carbocycles. The van der Waals surface area contributed by atoms with Gasteiger partial charge >= 0.3 is 0 Å². The average molecular weight is 854 g/mol. The van der Waals surface area contributed by atoms with Crippen LogP contribution in [0.15, 0.2) is 237 Å². The second-order valence-electron chi connectivity index (χ2n) is 16.8. The maximum Gasteiger partial charge on any atom is 0.187 e. The van der Waals surface area contributed by atoms with Crippen LogP contribution >= 0.6 is 0 Å². The summed E-state index contributed by atoms with van der Waals surface area (Å²) in [6.07, 6.45) is 0. The van der Waals surface area contributed by atoms with E-state index in [9.17, 15) is 5.26 Å². The van der Waals surface area contributed by atoms with Crippen molar-refractivity contribution in [3.63, 3.8) is 0 Å². The molecule has 0 N–H and O–H groups in total. The first-order valence-corrected chi connectivity index (χ1v) is 22.3. The zero-order valence-corrected chi connectivity index (χ0v) is 36.3. The molecule has 0 radical (unpaired) electrons. The van der Waals surface area contributed by atoms with E-state index in [1.54, 1.807) is 0 Å². The highest BCUT2D eigenvalue weighted by molar-refractivity contribution is 6.12. The van der Waals surface area contributed by atoms with Gasteiger partial charge < -0.3 is 14.0 Å². The zero-order valence-electron chi connectivity index (χ0n) is 36.3. The SMILES string of the molecule is [C-]#[N+]c1ccc(-n2c3ccccc3c3cc(N(c4ccc(-c5ccc(-c6ccc(-c7ccccc7)cc6)cc5)cc4)c4ccc5c(c4)c4ccccc4n5-c4ccc(C#N)cc4)ccc32)cc1. The van der Waals surface area contributed by atoms with Crippen LogP contribution in [0.4, 0.5) is 22.7 Å². The largest absolute Gasteiger partial charge is 0.310 e. The summed E-state index contributed by atoms with van der Waals surface area (Å²) in [6.45, 7) is 7.52. The lowest BCUT2D eigenvalue weighted by molar-refractivity contribution is 1.18. The number of hydrogen-bond acceptors (Lipinski definition) is 2. The third kappa shape index (κ3) is 6.87. The number of nitriles is 1. The monoisotopic (exact) mass is 853 g/mol. The summed E-state index contributed by atoms with van der Waals surface area (Å²) in [7, 11) is 0. The summed E-state index contributed by atoms with van der Waals surface area (Å²) in [5, 5.41) is 14.1. The summed E-state index contributed by atoms with van der Waals surface area (Å²) < 4.78 is 4.57. The first-order valence-electron chi connectivity index (χ1n) is 22.3. The fourth-order valence-corrected chi connectivity index (χ4v) is 9.71. The minimum absolute atomic E-state index is 0.618. The van der Waals surface area contributed by atoms with Crippen molar-refractivity contribution in [1.29, 1.82) is 5.26 Å². The van der Waals surface area contributed by atoms with Gasteiger partial charge in [-0.25, -0.2) is 4.85 Å². The van der Waals surface area contributed by atoms with Crippen molar-refractivity contribution in [2.24, 2.45) is 0 Å². The molecule has 0 unspecified atom stereocenters. The molecule has 0 aliphatic heterocycles. The van der Waals surface area contributed by atoms with Crippen LogP contribution in [-0.2, 0) is 0 Å². The molecule has 0 aliphatic rings. The number of aromatic nitrogens is 2. The maximum atomic E-state index is 9.54. The third-order valence-electron chi connectivity index (χ3n) is 13.0. The Labute approximate surface area is 388 Å².